The molecule has 0 atom stereocenters. The molecule has 7 heteroatoms. The van der Waals surface area contributed by atoms with Crippen molar-refractivity contribution in [3.63, 3.8) is 0 Å². The van der Waals surface area contributed by atoms with Crippen LogP contribution in [0.25, 0.3) is 16.9 Å². The van der Waals surface area contributed by atoms with E-state index >= 15 is 0 Å². The molecule has 0 aliphatic carbocycles. The molecule has 0 radical (unpaired) electrons. The number of hydrogen-bond acceptors (Lipinski definition) is 4. The van der Waals surface area contributed by atoms with Crippen molar-refractivity contribution in [1.29, 1.82) is 0 Å². The Hall–Kier alpha value is -3.25. The van der Waals surface area contributed by atoms with Crippen molar-refractivity contribution in [3.05, 3.63) is 78.0 Å². The highest BCUT2D eigenvalue weighted by atomic mass is 35.5. The maximum Gasteiger partial charge on any atom is 0.277 e. The van der Waals surface area contributed by atoms with Crippen molar-refractivity contribution in [2.75, 3.05) is 5.32 Å². The molecule has 3 aromatic heterocycles. The number of halogens is 1. The van der Waals surface area contributed by atoms with E-state index in [1.54, 1.807) is 24.4 Å². The molecular formula is C18H12ClN5O. The predicted molar refractivity (Wildman–Crippen MR) is 95.6 cm³/mol. The van der Waals surface area contributed by atoms with Crippen LogP contribution in [0.2, 0.25) is 5.02 Å². The highest BCUT2D eigenvalue weighted by molar-refractivity contribution is 6.30. The average molecular weight is 350 g/mol. The first kappa shape index (κ1) is 15.3. The van der Waals surface area contributed by atoms with Crippen molar-refractivity contribution in [1.82, 2.24) is 19.4 Å². The van der Waals surface area contributed by atoms with Crippen LogP contribution in [0.3, 0.4) is 0 Å². The van der Waals surface area contributed by atoms with Crippen LogP contribution in [-0.2, 0) is 0 Å². The molecule has 0 spiro atoms. The summed E-state index contributed by atoms with van der Waals surface area (Å²) < 4.78 is 1.87. The fraction of sp³-hybridized carbons (Fsp3) is 0. The third kappa shape index (κ3) is 2.95. The first-order chi connectivity index (χ1) is 12.2. The lowest BCUT2D eigenvalue weighted by Gasteiger charge is -2.01. The Kier molecular flexibility index (Phi) is 3.87. The Balaban J connectivity index is 1.79. The summed E-state index contributed by atoms with van der Waals surface area (Å²) in [7, 11) is 0. The molecule has 1 N–H and O–H groups in total. The van der Waals surface area contributed by atoms with E-state index in [0.717, 1.165) is 5.56 Å². The van der Waals surface area contributed by atoms with Crippen molar-refractivity contribution < 1.29 is 4.79 Å². The molecule has 0 saturated heterocycles. The van der Waals surface area contributed by atoms with Gasteiger partial charge in [0.15, 0.2) is 5.69 Å². The van der Waals surface area contributed by atoms with Crippen LogP contribution in [-0.4, -0.2) is 25.3 Å². The number of hydrogen-bond donors (Lipinski definition) is 1. The summed E-state index contributed by atoms with van der Waals surface area (Å²) in [5, 5.41) is 3.38. The number of fused-ring (bicyclic) bond motifs is 1. The maximum absolute atomic E-state index is 12.7. The first-order valence-electron chi connectivity index (χ1n) is 7.53. The molecule has 1 aromatic carbocycles. The molecule has 0 aliphatic heterocycles. The van der Waals surface area contributed by atoms with Gasteiger partial charge in [-0.2, -0.15) is 0 Å². The van der Waals surface area contributed by atoms with Gasteiger partial charge in [-0.1, -0.05) is 17.7 Å². The van der Waals surface area contributed by atoms with Crippen molar-refractivity contribution >= 4 is 28.8 Å². The Morgan fingerprint density at radius 2 is 1.92 bits per heavy atom. The van der Waals surface area contributed by atoms with Crippen molar-refractivity contribution in [3.8, 4) is 11.4 Å². The molecule has 0 saturated carbocycles. The number of carbonyl (C=O) groups excluding carboxylic acids is 1. The van der Waals surface area contributed by atoms with Gasteiger partial charge >= 0.3 is 0 Å². The molecular weight excluding hydrogens is 338 g/mol. The normalized spacial score (nSPS) is 10.8. The van der Waals surface area contributed by atoms with Crippen LogP contribution < -0.4 is 5.32 Å². The molecule has 1 amide bonds. The van der Waals surface area contributed by atoms with E-state index in [2.05, 4.69) is 20.3 Å². The van der Waals surface area contributed by atoms with Gasteiger partial charge in [0.25, 0.3) is 5.91 Å². The number of carbonyl (C=O) groups is 1. The average Bonchev–Trinajstić information content (AvgIpc) is 3.03. The molecule has 25 heavy (non-hydrogen) atoms. The first-order valence-corrected chi connectivity index (χ1v) is 7.90. The molecule has 0 fully saturated rings. The molecule has 122 valence electrons. The van der Waals surface area contributed by atoms with Crippen LogP contribution in [0.15, 0.2) is 67.3 Å². The van der Waals surface area contributed by atoms with Crippen LogP contribution >= 0.6 is 11.6 Å². The SMILES string of the molecule is O=C(Nc1ccncn1)c1nc(-c2ccc(Cl)cc2)n2ccccc12. The Morgan fingerprint density at radius 1 is 1.08 bits per heavy atom. The zero-order valence-corrected chi connectivity index (χ0v) is 13.7. The van der Waals surface area contributed by atoms with Gasteiger partial charge < -0.3 is 5.32 Å². The molecule has 4 aromatic rings. The lowest BCUT2D eigenvalue weighted by atomic mass is 10.2. The number of rotatable bonds is 3. The van der Waals surface area contributed by atoms with Gasteiger partial charge in [-0.05, 0) is 42.5 Å². The smallest absolute Gasteiger partial charge is 0.277 e. The Bertz CT molecular complexity index is 1040. The maximum atomic E-state index is 12.7. The van der Waals surface area contributed by atoms with Gasteiger partial charge in [-0.25, -0.2) is 15.0 Å². The molecule has 0 aliphatic rings. The quantitative estimate of drug-likeness (QED) is 0.612. The second-order valence-corrected chi connectivity index (χ2v) is 5.73. The van der Waals surface area contributed by atoms with E-state index in [1.165, 1.54) is 6.33 Å². The number of amides is 1. The summed E-state index contributed by atoms with van der Waals surface area (Å²) in [5.41, 5.74) is 1.90. The molecule has 6 nitrogen and oxygen atoms in total. The molecule has 4 rings (SSSR count). The van der Waals surface area contributed by atoms with E-state index < -0.39 is 0 Å². The topological polar surface area (TPSA) is 72.2 Å². The molecule has 0 bridgehead atoms. The zero-order chi connectivity index (χ0) is 17.2. The molecule has 0 unspecified atom stereocenters. The lowest BCUT2D eigenvalue weighted by molar-refractivity contribution is 0.102. The van der Waals surface area contributed by atoms with Crippen LogP contribution in [0, 0.1) is 0 Å². The molecule has 3 heterocycles. The summed E-state index contributed by atoms with van der Waals surface area (Å²) in [5.74, 6) is 0.757. The fourth-order valence-electron chi connectivity index (χ4n) is 2.55. The van der Waals surface area contributed by atoms with Crippen LogP contribution in [0.5, 0.6) is 0 Å². The summed E-state index contributed by atoms with van der Waals surface area (Å²) >= 11 is 5.96. The highest BCUT2D eigenvalue weighted by Crippen LogP contribution is 2.24. The second kappa shape index (κ2) is 6.33. The van der Waals surface area contributed by atoms with Gasteiger partial charge in [-0.15, -0.1) is 0 Å². The van der Waals surface area contributed by atoms with Crippen LogP contribution in [0.1, 0.15) is 10.5 Å². The predicted octanol–water partition coefficient (Wildman–Crippen LogP) is 3.70. The van der Waals surface area contributed by atoms with E-state index in [4.69, 9.17) is 11.6 Å². The van der Waals surface area contributed by atoms with E-state index in [1.807, 2.05) is 40.9 Å². The number of nitrogens with one attached hydrogen (secondary N) is 1. The number of anilines is 1. The largest absolute Gasteiger partial charge is 0.305 e. The number of benzene rings is 1. The monoisotopic (exact) mass is 349 g/mol. The summed E-state index contributed by atoms with van der Waals surface area (Å²) in [6.45, 7) is 0. The summed E-state index contributed by atoms with van der Waals surface area (Å²) in [6.07, 6.45) is 4.81. The second-order valence-electron chi connectivity index (χ2n) is 5.30. The third-order valence-electron chi connectivity index (χ3n) is 3.69. The van der Waals surface area contributed by atoms with Crippen LogP contribution in [0.4, 0.5) is 5.82 Å². The van der Waals surface area contributed by atoms with E-state index in [9.17, 15) is 4.79 Å². The minimum Gasteiger partial charge on any atom is -0.305 e. The van der Waals surface area contributed by atoms with E-state index in [-0.39, 0.29) is 5.91 Å². The van der Waals surface area contributed by atoms with Gasteiger partial charge in [0.05, 0.1) is 5.52 Å². The van der Waals surface area contributed by atoms with Crippen molar-refractivity contribution in [2.24, 2.45) is 0 Å². The number of imidazole rings is 1. The van der Waals surface area contributed by atoms with Gasteiger partial charge in [0.1, 0.15) is 18.0 Å². The van der Waals surface area contributed by atoms with E-state index in [0.29, 0.717) is 27.9 Å². The lowest BCUT2D eigenvalue weighted by Crippen LogP contribution is -2.13. The number of aromatic nitrogens is 4. The third-order valence-corrected chi connectivity index (χ3v) is 3.94. The number of nitrogens with zero attached hydrogens (tertiary/aromatic N) is 4. The number of pyridine rings is 1. The minimum absolute atomic E-state index is 0.323. The van der Waals surface area contributed by atoms with Gasteiger partial charge in [0, 0.05) is 23.0 Å². The minimum atomic E-state index is -0.331. The van der Waals surface area contributed by atoms with Crippen molar-refractivity contribution in [2.45, 2.75) is 0 Å². The Labute approximate surface area is 148 Å². The van der Waals surface area contributed by atoms with Gasteiger partial charge in [0.2, 0.25) is 0 Å². The fourth-order valence-corrected chi connectivity index (χ4v) is 2.67. The standard InChI is InChI=1S/C18H12ClN5O/c19-13-6-4-12(5-7-13)17-23-16(14-3-1-2-10-24(14)17)18(25)22-15-8-9-20-11-21-15/h1-11H,(H,20,21,22,25). The van der Waals surface area contributed by atoms with Gasteiger partial charge in [-0.3, -0.25) is 9.20 Å². The zero-order valence-electron chi connectivity index (χ0n) is 12.9. The highest BCUT2D eigenvalue weighted by Gasteiger charge is 2.18. The summed E-state index contributed by atoms with van der Waals surface area (Å²) in [6, 6.07) is 14.6. The summed E-state index contributed by atoms with van der Waals surface area (Å²) in [4.78, 5) is 25.0. The Morgan fingerprint density at radius 3 is 2.68 bits per heavy atom.